The van der Waals surface area contributed by atoms with Crippen LogP contribution >= 0.6 is 11.8 Å². The van der Waals surface area contributed by atoms with Gasteiger partial charge in [-0.3, -0.25) is 4.79 Å². The van der Waals surface area contributed by atoms with Crippen LogP contribution in [0.2, 0.25) is 0 Å². The Morgan fingerprint density at radius 3 is 2.52 bits per heavy atom. The number of ether oxygens (including phenoxy) is 1. The number of hydrogen-bond acceptors (Lipinski definition) is 5. The lowest BCUT2D eigenvalue weighted by Gasteiger charge is -2.17. The zero-order chi connectivity index (χ0) is 21.0. The molecule has 0 spiro atoms. The maximum Gasteiger partial charge on any atom is 0.233 e. The summed E-state index contributed by atoms with van der Waals surface area (Å²) in [6.45, 7) is 3.68. The molecular weight excluding hydrogens is 391 g/mol. The van der Waals surface area contributed by atoms with Gasteiger partial charge in [-0.15, -0.1) is 10.2 Å². The van der Waals surface area contributed by atoms with Gasteiger partial charge in [0, 0.05) is 7.05 Å². The predicted molar refractivity (Wildman–Crippen MR) is 111 cm³/mol. The Kier molecular flexibility index (Phi) is 6.53. The molecule has 0 fully saturated rings. The van der Waals surface area contributed by atoms with Gasteiger partial charge in [0.15, 0.2) is 11.0 Å². The third-order valence-corrected chi connectivity index (χ3v) is 5.70. The van der Waals surface area contributed by atoms with Gasteiger partial charge < -0.3 is 14.6 Å². The number of hydrogen-bond donors (Lipinski definition) is 1. The quantitative estimate of drug-likeness (QED) is 0.592. The van der Waals surface area contributed by atoms with Gasteiger partial charge in [0.2, 0.25) is 5.91 Å². The maximum absolute atomic E-state index is 13.1. The van der Waals surface area contributed by atoms with E-state index in [1.807, 2.05) is 49.7 Å². The van der Waals surface area contributed by atoms with E-state index in [-0.39, 0.29) is 23.0 Å². The number of halogens is 1. The van der Waals surface area contributed by atoms with Gasteiger partial charge in [0.1, 0.15) is 11.6 Å². The van der Waals surface area contributed by atoms with Crippen molar-refractivity contribution in [3.8, 4) is 17.1 Å². The summed E-state index contributed by atoms with van der Waals surface area (Å²) in [6.07, 6.45) is 0. The first-order chi connectivity index (χ1) is 13.9. The molecule has 0 saturated heterocycles. The molecule has 29 heavy (non-hydrogen) atoms. The Morgan fingerprint density at radius 1 is 1.14 bits per heavy atom. The summed E-state index contributed by atoms with van der Waals surface area (Å²) in [5.74, 6) is 0.939. The highest BCUT2D eigenvalue weighted by Crippen LogP contribution is 2.31. The first kappa shape index (κ1) is 20.9. The predicted octanol–water partition coefficient (Wildman–Crippen LogP) is 3.99. The molecule has 0 aliphatic carbocycles. The minimum atomic E-state index is -0.383. The van der Waals surface area contributed by atoms with Crippen LogP contribution in [0.25, 0.3) is 11.4 Å². The SMILES string of the molecule is COc1ccccc1-c1nnc(S[C@H](C)C(=O)N[C@H](C)c2ccc(F)cc2)n1C. The van der Waals surface area contributed by atoms with Crippen LogP contribution in [0.4, 0.5) is 4.39 Å². The van der Waals surface area contributed by atoms with Crippen LogP contribution in [0.15, 0.2) is 53.7 Å². The molecule has 0 saturated carbocycles. The number of methoxy groups -OCH3 is 1. The fourth-order valence-electron chi connectivity index (χ4n) is 2.86. The lowest BCUT2D eigenvalue weighted by Crippen LogP contribution is -2.33. The van der Waals surface area contributed by atoms with Gasteiger partial charge in [-0.2, -0.15) is 0 Å². The van der Waals surface area contributed by atoms with E-state index >= 15 is 0 Å². The molecule has 0 aliphatic heterocycles. The maximum atomic E-state index is 13.1. The topological polar surface area (TPSA) is 69.0 Å². The molecule has 1 heterocycles. The highest BCUT2D eigenvalue weighted by Gasteiger charge is 2.22. The summed E-state index contributed by atoms with van der Waals surface area (Å²) in [7, 11) is 3.47. The molecule has 2 atom stereocenters. The normalized spacial score (nSPS) is 13.0. The van der Waals surface area contributed by atoms with Gasteiger partial charge in [-0.05, 0) is 43.7 Å². The van der Waals surface area contributed by atoms with Crippen LogP contribution in [0.5, 0.6) is 5.75 Å². The Labute approximate surface area is 173 Å². The van der Waals surface area contributed by atoms with Crippen LogP contribution in [-0.2, 0) is 11.8 Å². The molecule has 6 nitrogen and oxygen atoms in total. The number of para-hydroxylation sites is 1. The number of nitrogens with zero attached hydrogens (tertiary/aromatic N) is 3. The molecule has 2 aromatic carbocycles. The number of carbonyl (C=O) groups excluding carboxylic acids is 1. The van der Waals surface area contributed by atoms with E-state index in [0.29, 0.717) is 16.7 Å². The zero-order valence-electron chi connectivity index (χ0n) is 16.7. The van der Waals surface area contributed by atoms with Gasteiger partial charge in [-0.25, -0.2) is 4.39 Å². The van der Waals surface area contributed by atoms with Crippen molar-refractivity contribution in [1.82, 2.24) is 20.1 Å². The fourth-order valence-corrected chi connectivity index (χ4v) is 3.68. The molecule has 3 rings (SSSR count). The third kappa shape index (κ3) is 4.76. The lowest BCUT2D eigenvalue weighted by molar-refractivity contribution is -0.120. The van der Waals surface area contributed by atoms with Crippen LogP contribution in [0, 0.1) is 5.82 Å². The van der Waals surface area contributed by atoms with E-state index in [9.17, 15) is 9.18 Å². The summed E-state index contributed by atoms with van der Waals surface area (Å²) in [5.41, 5.74) is 1.67. The second kappa shape index (κ2) is 9.09. The molecule has 0 aliphatic rings. The van der Waals surface area contributed by atoms with Crippen molar-refractivity contribution in [2.45, 2.75) is 30.3 Å². The second-order valence-corrected chi connectivity index (χ2v) is 7.92. The second-order valence-electron chi connectivity index (χ2n) is 6.61. The van der Waals surface area contributed by atoms with Crippen LogP contribution < -0.4 is 10.1 Å². The summed E-state index contributed by atoms with van der Waals surface area (Å²) in [4.78, 5) is 12.6. The number of amides is 1. The minimum Gasteiger partial charge on any atom is -0.496 e. The molecule has 1 aromatic heterocycles. The van der Waals surface area contributed by atoms with Crippen LogP contribution in [0.3, 0.4) is 0 Å². The van der Waals surface area contributed by atoms with E-state index in [4.69, 9.17) is 4.74 Å². The van der Waals surface area contributed by atoms with Crippen molar-refractivity contribution in [1.29, 1.82) is 0 Å². The third-order valence-electron chi connectivity index (χ3n) is 4.56. The largest absolute Gasteiger partial charge is 0.496 e. The number of nitrogens with one attached hydrogen (secondary N) is 1. The molecule has 8 heteroatoms. The van der Waals surface area contributed by atoms with Gasteiger partial charge in [0.25, 0.3) is 0 Å². The van der Waals surface area contributed by atoms with Crippen molar-refractivity contribution in [2.24, 2.45) is 7.05 Å². The van der Waals surface area contributed by atoms with Crippen molar-refractivity contribution in [2.75, 3.05) is 7.11 Å². The Balaban J connectivity index is 1.69. The minimum absolute atomic E-state index is 0.131. The number of benzene rings is 2. The first-order valence-corrected chi connectivity index (χ1v) is 10.0. The van der Waals surface area contributed by atoms with E-state index in [2.05, 4.69) is 15.5 Å². The smallest absolute Gasteiger partial charge is 0.233 e. The Morgan fingerprint density at radius 2 is 1.83 bits per heavy atom. The van der Waals surface area contributed by atoms with Crippen molar-refractivity contribution >= 4 is 17.7 Å². The van der Waals surface area contributed by atoms with E-state index < -0.39 is 0 Å². The zero-order valence-corrected chi connectivity index (χ0v) is 17.5. The van der Waals surface area contributed by atoms with Crippen molar-refractivity contribution in [3.63, 3.8) is 0 Å². The van der Waals surface area contributed by atoms with Crippen molar-refractivity contribution in [3.05, 3.63) is 59.9 Å². The van der Waals surface area contributed by atoms with E-state index in [0.717, 1.165) is 11.1 Å². The molecule has 152 valence electrons. The van der Waals surface area contributed by atoms with E-state index in [1.54, 1.807) is 19.2 Å². The standard InChI is InChI=1S/C21H23FN4O2S/c1-13(15-9-11-16(22)12-10-15)23-20(27)14(2)29-21-25-24-19(26(21)3)17-7-5-6-8-18(17)28-4/h5-14H,1-4H3,(H,23,27)/t13-,14-/m1/s1. The van der Waals surface area contributed by atoms with Crippen LogP contribution in [-0.4, -0.2) is 33.0 Å². The number of aromatic nitrogens is 3. The first-order valence-electron chi connectivity index (χ1n) is 9.16. The molecule has 1 N–H and O–H groups in total. The number of rotatable bonds is 7. The monoisotopic (exact) mass is 414 g/mol. The average molecular weight is 415 g/mol. The van der Waals surface area contributed by atoms with Gasteiger partial charge in [-0.1, -0.05) is 36.0 Å². The molecular formula is C21H23FN4O2S. The molecule has 0 bridgehead atoms. The average Bonchev–Trinajstić information content (AvgIpc) is 3.08. The van der Waals surface area contributed by atoms with Gasteiger partial charge in [0.05, 0.1) is 24.0 Å². The molecule has 0 unspecified atom stereocenters. The molecule has 3 aromatic rings. The molecule has 1 amide bonds. The summed E-state index contributed by atoms with van der Waals surface area (Å²) in [6, 6.07) is 13.5. The fraction of sp³-hybridized carbons (Fsp3) is 0.286. The molecule has 0 radical (unpaired) electrons. The van der Waals surface area contributed by atoms with E-state index in [1.165, 1.54) is 23.9 Å². The lowest BCUT2D eigenvalue weighted by atomic mass is 10.1. The van der Waals surface area contributed by atoms with Crippen LogP contribution in [0.1, 0.15) is 25.5 Å². The number of carbonyl (C=O) groups is 1. The summed E-state index contributed by atoms with van der Waals surface area (Å²) >= 11 is 1.32. The summed E-state index contributed by atoms with van der Waals surface area (Å²) < 4.78 is 20.3. The van der Waals surface area contributed by atoms with Gasteiger partial charge >= 0.3 is 0 Å². The Hall–Kier alpha value is -2.87. The Bertz CT molecular complexity index is 991. The highest BCUT2D eigenvalue weighted by atomic mass is 32.2. The van der Waals surface area contributed by atoms with Crippen molar-refractivity contribution < 1.29 is 13.9 Å². The summed E-state index contributed by atoms with van der Waals surface area (Å²) in [5, 5.41) is 11.7. The number of thioether (sulfide) groups is 1. The highest BCUT2D eigenvalue weighted by molar-refractivity contribution is 8.00.